The highest BCUT2D eigenvalue weighted by atomic mass is 19.1. The van der Waals surface area contributed by atoms with E-state index in [9.17, 15) is 4.39 Å². The molecule has 1 N–H and O–H groups in total. The molecule has 1 aliphatic rings. The first kappa shape index (κ1) is 14.3. The van der Waals surface area contributed by atoms with Crippen LogP contribution in [-0.2, 0) is 0 Å². The van der Waals surface area contributed by atoms with Gasteiger partial charge in [0.15, 0.2) is 0 Å². The van der Waals surface area contributed by atoms with Gasteiger partial charge in [0.2, 0.25) is 0 Å². The molecule has 0 amide bonds. The normalized spacial score (nSPS) is 21.1. The lowest BCUT2D eigenvalue weighted by Crippen LogP contribution is -2.20. The van der Waals surface area contributed by atoms with Gasteiger partial charge in [-0.1, -0.05) is 30.6 Å². The van der Waals surface area contributed by atoms with E-state index in [2.05, 4.69) is 18.3 Å². The van der Waals surface area contributed by atoms with E-state index >= 15 is 0 Å². The molecule has 19 heavy (non-hydrogen) atoms. The van der Waals surface area contributed by atoms with Crippen LogP contribution in [0.1, 0.15) is 55.7 Å². The number of nitrogens with one attached hydrogen (secondary N) is 1. The molecule has 0 heterocycles. The highest BCUT2D eigenvalue weighted by molar-refractivity contribution is 5.35. The molecule has 1 atom stereocenters. The van der Waals surface area contributed by atoms with Crippen molar-refractivity contribution in [2.75, 3.05) is 7.05 Å². The molecule has 0 bridgehead atoms. The fourth-order valence-electron chi connectivity index (χ4n) is 2.94. The highest BCUT2D eigenvalue weighted by Crippen LogP contribution is 2.30. The van der Waals surface area contributed by atoms with E-state index in [1.807, 2.05) is 13.1 Å². The van der Waals surface area contributed by atoms with Crippen LogP contribution in [0.3, 0.4) is 0 Å². The number of allylic oxidation sites excluding steroid dienone is 1. The van der Waals surface area contributed by atoms with Crippen LogP contribution in [0, 0.1) is 12.7 Å². The van der Waals surface area contributed by atoms with Crippen LogP contribution in [0.25, 0.3) is 0 Å². The number of aryl methyl sites for hydroxylation is 1. The van der Waals surface area contributed by atoms with Crippen molar-refractivity contribution >= 4 is 0 Å². The molecule has 1 nitrogen and oxygen atoms in total. The lowest BCUT2D eigenvalue weighted by atomic mass is 9.89. The lowest BCUT2D eigenvalue weighted by molar-refractivity contribution is 0.567. The van der Waals surface area contributed by atoms with Crippen molar-refractivity contribution in [3.63, 3.8) is 0 Å². The Morgan fingerprint density at radius 2 is 1.95 bits per heavy atom. The third-order valence-electron chi connectivity index (χ3n) is 4.04. The molecule has 0 fully saturated rings. The molecule has 0 spiro atoms. The first-order valence-electron chi connectivity index (χ1n) is 7.34. The number of halogens is 1. The Morgan fingerprint density at radius 1 is 1.16 bits per heavy atom. The van der Waals surface area contributed by atoms with E-state index < -0.39 is 0 Å². The maximum absolute atomic E-state index is 13.5. The van der Waals surface area contributed by atoms with Crippen LogP contribution >= 0.6 is 0 Å². The van der Waals surface area contributed by atoms with E-state index in [-0.39, 0.29) is 11.9 Å². The fourth-order valence-corrected chi connectivity index (χ4v) is 2.94. The summed E-state index contributed by atoms with van der Waals surface area (Å²) in [5.74, 6) is -0.146. The number of hydrogen-bond acceptors (Lipinski definition) is 1. The summed E-state index contributed by atoms with van der Waals surface area (Å²) in [6.07, 6.45) is 9.83. The van der Waals surface area contributed by atoms with E-state index in [4.69, 9.17) is 0 Å². The van der Waals surface area contributed by atoms with Crippen molar-refractivity contribution in [2.45, 2.75) is 51.5 Å². The zero-order valence-electron chi connectivity index (χ0n) is 12.0. The zero-order chi connectivity index (χ0) is 13.7. The van der Waals surface area contributed by atoms with E-state index in [0.29, 0.717) is 0 Å². The minimum atomic E-state index is -0.146. The van der Waals surface area contributed by atoms with Crippen molar-refractivity contribution in [3.8, 4) is 0 Å². The molecular formula is C17H24FN. The average molecular weight is 261 g/mol. The number of rotatable bonds is 3. The van der Waals surface area contributed by atoms with E-state index in [1.165, 1.54) is 37.3 Å². The Balaban J connectivity index is 2.29. The Kier molecular flexibility index (Phi) is 5.15. The van der Waals surface area contributed by atoms with Gasteiger partial charge in [-0.15, -0.1) is 0 Å². The number of likely N-dealkylation sites (N-methyl/N-ethyl adjacent to an activating group) is 1. The number of benzene rings is 1. The molecule has 0 aliphatic heterocycles. The monoisotopic (exact) mass is 261 g/mol. The molecule has 2 heteroatoms. The third kappa shape index (κ3) is 3.66. The molecule has 1 aliphatic carbocycles. The predicted molar refractivity (Wildman–Crippen MR) is 78.7 cm³/mol. The molecule has 2 rings (SSSR count). The van der Waals surface area contributed by atoms with Crippen molar-refractivity contribution in [1.29, 1.82) is 0 Å². The van der Waals surface area contributed by atoms with Crippen LogP contribution in [0.5, 0.6) is 0 Å². The van der Waals surface area contributed by atoms with Crippen LogP contribution in [0.2, 0.25) is 0 Å². The Bertz CT molecular complexity index is 451. The second-order valence-corrected chi connectivity index (χ2v) is 5.45. The summed E-state index contributed by atoms with van der Waals surface area (Å²) in [6.45, 7) is 2.06. The second kappa shape index (κ2) is 6.85. The van der Waals surface area contributed by atoms with Gasteiger partial charge >= 0.3 is 0 Å². The fraction of sp³-hybridized carbons (Fsp3) is 0.529. The molecule has 0 saturated heterocycles. The van der Waals surface area contributed by atoms with Crippen molar-refractivity contribution < 1.29 is 4.39 Å². The van der Waals surface area contributed by atoms with Crippen molar-refractivity contribution in [1.82, 2.24) is 5.32 Å². The van der Waals surface area contributed by atoms with Crippen molar-refractivity contribution in [3.05, 3.63) is 46.8 Å². The minimum absolute atomic E-state index is 0.146. The summed E-state index contributed by atoms with van der Waals surface area (Å²) in [5, 5.41) is 3.37. The minimum Gasteiger partial charge on any atom is -0.310 e. The maximum Gasteiger partial charge on any atom is 0.123 e. The Hall–Kier alpha value is -1.15. The SMILES string of the molecule is CNC(/C1=C/CCCCCC1)c1cc(F)ccc1C. The molecule has 1 unspecified atom stereocenters. The van der Waals surface area contributed by atoms with Crippen LogP contribution < -0.4 is 5.32 Å². The molecule has 0 saturated carbocycles. The summed E-state index contributed by atoms with van der Waals surface area (Å²) in [5.41, 5.74) is 3.66. The van der Waals surface area contributed by atoms with Crippen LogP contribution in [0.4, 0.5) is 4.39 Å². The summed E-state index contributed by atoms with van der Waals surface area (Å²) in [7, 11) is 1.97. The standard InChI is InChI=1S/C17H24FN/c1-13-10-11-15(18)12-16(13)17(19-2)14-8-6-4-3-5-7-9-14/h8,10-12,17,19H,3-7,9H2,1-2H3/b14-8+. The average Bonchev–Trinajstić information content (AvgIpc) is 2.36. The van der Waals surface area contributed by atoms with Crippen molar-refractivity contribution in [2.24, 2.45) is 0 Å². The first-order chi connectivity index (χ1) is 9.22. The Morgan fingerprint density at radius 3 is 2.74 bits per heavy atom. The quantitative estimate of drug-likeness (QED) is 0.779. The second-order valence-electron chi connectivity index (χ2n) is 5.45. The van der Waals surface area contributed by atoms with Gasteiger partial charge in [-0.25, -0.2) is 4.39 Å². The molecule has 104 valence electrons. The predicted octanol–water partition coefficient (Wildman–Crippen LogP) is 4.68. The van der Waals surface area contributed by atoms with Gasteiger partial charge in [0.25, 0.3) is 0 Å². The third-order valence-corrected chi connectivity index (χ3v) is 4.04. The summed E-state index contributed by atoms with van der Waals surface area (Å²) in [6, 6.07) is 5.25. The summed E-state index contributed by atoms with van der Waals surface area (Å²) < 4.78 is 13.5. The van der Waals surface area contributed by atoms with Gasteiger partial charge in [-0.3, -0.25) is 0 Å². The molecule has 0 aromatic heterocycles. The van der Waals surface area contributed by atoms with Gasteiger partial charge in [0, 0.05) is 0 Å². The van der Waals surface area contributed by atoms with E-state index in [1.54, 1.807) is 6.07 Å². The molecule has 1 aromatic rings. The summed E-state index contributed by atoms with van der Waals surface area (Å²) >= 11 is 0. The lowest BCUT2D eigenvalue weighted by Gasteiger charge is -2.24. The van der Waals surface area contributed by atoms with E-state index in [0.717, 1.165) is 24.0 Å². The zero-order valence-corrected chi connectivity index (χ0v) is 12.0. The van der Waals surface area contributed by atoms with Gasteiger partial charge in [0.05, 0.1) is 6.04 Å². The Labute approximate surface area is 115 Å². The van der Waals surface area contributed by atoms with Crippen LogP contribution in [0.15, 0.2) is 29.8 Å². The largest absolute Gasteiger partial charge is 0.310 e. The smallest absolute Gasteiger partial charge is 0.123 e. The highest BCUT2D eigenvalue weighted by Gasteiger charge is 2.17. The molecular weight excluding hydrogens is 237 g/mol. The summed E-state index contributed by atoms with van der Waals surface area (Å²) in [4.78, 5) is 0. The van der Waals surface area contributed by atoms with Gasteiger partial charge in [-0.05, 0) is 62.9 Å². The molecule has 0 radical (unpaired) electrons. The van der Waals surface area contributed by atoms with Gasteiger partial charge in [0.1, 0.15) is 5.82 Å². The van der Waals surface area contributed by atoms with Gasteiger partial charge in [-0.2, -0.15) is 0 Å². The van der Waals surface area contributed by atoms with Gasteiger partial charge < -0.3 is 5.32 Å². The maximum atomic E-state index is 13.5. The topological polar surface area (TPSA) is 12.0 Å². The molecule has 1 aromatic carbocycles. The van der Waals surface area contributed by atoms with Crippen LogP contribution in [-0.4, -0.2) is 7.05 Å². The number of hydrogen-bond donors (Lipinski definition) is 1. The first-order valence-corrected chi connectivity index (χ1v) is 7.34.